The largest absolute Gasteiger partial charge is 0.366 e. The number of amides is 1. The van der Waals surface area contributed by atoms with E-state index in [0.717, 1.165) is 18.8 Å². The lowest BCUT2D eigenvalue weighted by atomic mass is 10.2. The van der Waals surface area contributed by atoms with Crippen molar-refractivity contribution in [1.82, 2.24) is 4.98 Å². The second kappa shape index (κ2) is 8.25. The molecule has 0 aliphatic heterocycles. The van der Waals surface area contributed by atoms with Crippen molar-refractivity contribution in [3.63, 3.8) is 0 Å². The smallest absolute Gasteiger partial charge is 0.257 e. The highest BCUT2D eigenvalue weighted by atomic mass is 19.1. The van der Waals surface area contributed by atoms with Crippen LogP contribution in [-0.2, 0) is 6.54 Å². The molecule has 0 saturated heterocycles. The van der Waals surface area contributed by atoms with Crippen molar-refractivity contribution in [1.29, 1.82) is 0 Å². The number of carbonyl (C=O) groups is 1. The van der Waals surface area contributed by atoms with E-state index in [1.54, 1.807) is 6.20 Å². The Hall–Kier alpha value is -3.21. The van der Waals surface area contributed by atoms with Crippen LogP contribution in [0.4, 0.5) is 15.8 Å². The van der Waals surface area contributed by atoms with Crippen molar-refractivity contribution in [2.45, 2.75) is 13.5 Å². The number of carbonyl (C=O) groups excluding carboxylic acids is 1. The molecule has 0 saturated carbocycles. The van der Waals surface area contributed by atoms with Crippen LogP contribution in [0.1, 0.15) is 22.8 Å². The van der Waals surface area contributed by atoms with Gasteiger partial charge in [-0.25, -0.2) is 4.39 Å². The monoisotopic (exact) mass is 349 g/mol. The summed E-state index contributed by atoms with van der Waals surface area (Å²) in [5.74, 6) is -0.618. The summed E-state index contributed by atoms with van der Waals surface area (Å²) in [4.78, 5) is 18.8. The van der Waals surface area contributed by atoms with E-state index < -0.39 is 0 Å². The number of hydrogen-bond donors (Lipinski definition) is 1. The molecule has 0 aliphatic carbocycles. The SMILES string of the molecule is CCN(Cc1ccccc1)c1cncc(C(=O)Nc2ccc(F)cc2)c1. The van der Waals surface area contributed by atoms with Crippen molar-refractivity contribution < 1.29 is 9.18 Å². The van der Waals surface area contributed by atoms with Gasteiger partial charge >= 0.3 is 0 Å². The molecule has 2 aromatic carbocycles. The molecule has 0 spiro atoms. The highest BCUT2D eigenvalue weighted by Gasteiger charge is 2.11. The Bertz CT molecular complexity index is 866. The third-order valence-electron chi connectivity index (χ3n) is 4.05. The average Bonchev–Trinajstić information content (AvgIpc) is 2.69. The number of rotatable bonds is 6. The maximum atomic E-state index is 13.0. The summed E-state index contributed by atoms with van der Waals surface area (Å²) in [6.07, 6.45) is 3.28. The topological polar surface area (TPSA) is 45.2 Å². The Morgan fingerprint density at radius 1 is 1.08 bits per heavy atom. The van der Waals surface area contributed by atoms with E-state index in [9.17, 15) is 9.18 Å². The van der Waals surface area contributed by atoms with E-state index in [1.807, 2.05) is 24.3 Å². The number of aromatic nitrogens is 1. The Morgan fingerprint density at radius 3 is 2.50 bits per heavy atom. The summed E-state index contributed by atoms with van der Waals surface area (Å²) in [6, 6.07) is 17.6. The van der Waals surface area contributed by atoms with E-state index in [1.165, 1.54) is 36.0 Å². The molecule has 132 valence electrons. The molecular formula is C21H20FN3O. The Morgan fingerprint density at radius 2 is 1.81 bits per heavy atom. The molecule has 3 aromatic rings. The van der Waals surface area contributed by atoms with Crippen molar-refractivity contribution in [2.24, 2.45) is 0 Å². The first-order valence-electron chi connectivity index (χ1n) is 8.46. The third-order valence-corrected chi connectivity index (χ3v) is 4.05. The molecule has 0 unspecified atom stereocenters. The zero-order valence-electron chi connectivity index (χ0n) is 14.5. The van der Waals surface area contributed by atoms with Crippen LogP contribution >= 0.6 is 0 Å². The van der Waals surface area contributed by atoms with Crippen LogP contribution in [0.25, 0.3) is 0 Å². The van der Waals surface area contributed by atoms with Crippen LogP contribution < -0.4 is 10.2 Å². The summed E-state index contributed by atoms with van der Waals surface area (Å²) in [6.45, 7) is 3.59. The molecule has 1 heterocycles. The van der Waals surface area contributed by atoms with Gasteiger partial charge in [0.25, 0.3) is 5.91 Å². The van der Waals surface area contributed by atoms with Crippen molar-refractivity contribution in [3.05, 3.63) is 90.0 Å². The van der Waals surface area contributed by atoms with Gasteiger partial charge in [0.15, 0.2) is 0 Å². The van der Waals surface area contributed by atoms with Crippen molar-refractivity contribution >= 4 is 17.3 Å². The molecule has 0 fully saturated rings. The number of nitrogens with zero attached hydrogens (tertiary/aromatic N) is 2. The van der Waals surface area contributed by atoms with Gasteiger partial charge in [0.1, 0.15) is 5.82 Å². The second-order valence-corrected chi connectivity index (χ2v) is 5.89. The number of anilines is 2. The molecule has 3 rings (SSSR count). The minimum absolute atomic E-state index is 0.276. The van der Waals surface area contributed by atoms with Crippen LogP contribution in [-0.4, -0.2) is 17.4 Å². The summed E-state index contributed by atoms with van der Waals surface area (Å²) < 4.78 is 13.0. The summed E-state index contributed by atoms with van der Waals surface area (Å²) in [7, 11) is 0. The standard InChI is InChI=1S/C21H20FN3O/c1-2-25(15-16-6-4-3-5-7-16)20-12-17(13-23-14-20)21(26)24-19-10-8-18(22)9-11-19/h3-14H,2,15H2,1H3,(H,24,26). The fraction of sp³-hybridized carbons (Fsp3) is 0.143. The number of nitrogens with one attached hydrogen (secondary N) is 1. The van der Waals surface area contributed by atoms with Crippen LogP contribution in [0.3, 0.4) is 0 Å². The first-order valence-corrected chi connectivity index (χ1v) is 8.46. The summed E-state index contributed by atoms with van der Waals surface area (Å²) in [5.41, 5.74) is 3.07. The Balaban J connectivity index is 1.75. The fourth-order valence-corrected chi connectivity index (χ4v) is 2.65. The number of benzene rings is 2. The zero-order chi connectivity index (χ0) is 18.4. The van der Waals surface area contributed by atoms with Gasteiger partial charge in [-0.15, -0.1) is 0 Å². The molecule has 0 aliphatic rings. The van der Waals surface area contributed by atoms with Gasteiger partial charge in [0.05, 0.1) is 17.4 Å². The normalized spacial score (nSPS) is 10.4. The summed E-state index contributed by atoms with van der Waals surface area (Å²) >= 11 is 0. The molecular weight excluding hydrogens is 329 g/mol. The maximum absolute atomic E-state index is 13.0. The van der Waals surface area contributed by atoms with Gasteiger partial charge < -0.3 is 10.2 Å². The molecule has 0 radical (unpaired) electrons. The fourth-order valence-electron chi connectivity index (χ4n) is 2.65. The van der Waals surface area contributed by atoms with Gasteiger partial charge in [-0.1, -0.05) is 30.3 Å². The minimum atomic E-state index is -0.342. The van der Waals surface area contributed by atoms with E-state index in [0.29, 0.717) is 11.3 Å². The molecule has 1 amide bonds. The first kappa shape index (κ1) is 17.6. The third kappa shape index (κ3) is 4.45. The van der Waals surface area contributed by atoms with Crippen LogP contribution in [0.15, 0.2) is 73.1 Å². The molecule has 0 atom stereocenters. The van der Waals surface area contributed by atoms with E-state index >= 15 is 0 Å². The lowest BCUT2D eigenvalue weighted by Gasteiger charge is -2.23. The molecule has 4 nitrogen and oxygen atoms in total. The maximum Gasteiger partial charge on any atom is 0.257 e. The van der Waals surface area contributed by atoms with Crippen LogP contribution in [0.5, 0.6) is 0 Å². The molecule has 5 heteroatoms. The average molecular weight is 349 g/mol. The van der Waals surface area contributed by atoms with E-state index in [4.69, 9.17) is 0 Å². The zero-order valence-corrected chi connectivity index (χ0v) is 14.5. The molecule has 1 N–H and O–H groups in total. The highest BCUT2D eigenvalue weighted by Crippen LogP contribution is 2.18. The van der Waals surface area contributed by atoms with Gasteiger partial charge in [0.2, 0.25) is 0 Å². The van der Waals surface area contributed by atoms with E-state index in [-0.39, 0.29) is 11.7 Å². The van der Waals surface area contributed by atoms with Gasteiger partial charge in [0, 0.05) is 25.0 Å². The summed E-state index contributed by atoms with van der Waals surface area (Å²) in [5, 5.41) is 2.76. The van der Waals surface area contributed by atoms with Gasteiger partial charge in [-0.3, -0.25) is 9.78 Å². The number of halogens is 1. The molecule has 0 bridgehead atoms. The predicted octanol–water partition coefficient (Wildman–Crippen LogP) is 4.50. The molecule has 26 heavy (non-hydrogen) atoms. The molecule has 1 aromatic heterocycles. The minimum Gasteiger partial charge on any atom is -0.366 e. The van der Waals surface area contributed by atoms with Crippen LogP contribution in [0, 0.1) is 5.82 Å². The quantitative estimate of drug-likeness (QED) is 0.713. The van der Waals surface area contributed by atoms with E-state index in [2.05, 4.69) is 34.3 Å². The Labute approximate surface area is 152 Å². The Kier molecular flexibility index (Phi) is 5.59. The number of hydrogen-bond acceptors (Lipinski definition) is 3. The van der Waals surface area contributed by atoms with Gasteiger partial charge in [-0.05, 0) is 42.8 Å². The van der Waals surface area contributed by atoms with Crippen molar-refractivity contribution in [3.8, 4) is 0 Å². The number of pyridine rings is 1. The van der Waals surface area contributed by atoms with Crippen LogP contribution in [0.2, 0.25) is 0 Å². The highest BCUT2D eigenvalue weighted by molar-refractivity contribution is 6.04. The van der Waals surface area contributed by atoms with Crippen molar-refractivity contribution in [2.75, 3.05) is 16.8 Å². The first-order chi connectivity index (χ1) is 12.7. The second-order valence-electron chi connectivity index (χ2n) is 5.89. The predicted molar refractivity (Wildman–Crippen MR) is 102 cm³/mol. The lowest BCUT2D eigenvalue weighted by molar-refractivity contribution is 0.102. The lowest BCUT2D eigenvalue weighted by Crippen LogP contribution is -2.23. The van der Waals surface area contributed by atoms with Gasteiger partial charge in [-0.2, -0.15) is 0 Å².